The average molecular weight is 429 g/mol. The molecule has 1 aliphatic heterocycles. The number of nitrogens with one attached hydrogen (secondary N) is 1. The Morgan fingerprint density at radius 3 is 2.46 bits per heavy atom. The maximum atomic E-state index is 13.9. The van der Waals surface area contributed by atoms with Gasteiger partial charge in [0.15, 0.2) is 0 Å². The Kier molecular flexibility index (Phi) is 6.32. The number of carbonyl (C=O) groups is 1. The van der Waals surface area contributed by atoms with Crippen molar-refractivity contribution in [2.45, 2.75) is 18.6 Å². The van der Waals surface area contributed by atoms with Gasteiger partial charge in [0.2, 0.25) is 15.9 Å². The minimum Gasteiger partial charge on any atom is -0.326 e. The first kappa shape index (κ1) is 20.7. The molecule has 0 atom stereocenters. The second-order valence-electron chi connectivity index (χ2n) is 6.63. The summed E-state index contributed by atoms with van der Waals surface area (Å²) < 4.78 is 53.6. The van der Waals surface area contributed by atoms with Gasteiger partial charge in [-0.25, -0.2) is 21.5 Å². The number of piperidine rings is 1. The quantitative estimate of drug-likeness (QED) is 0.787. The summed E-state index contributed by atoms with van der Waals surface area (Å²) in [6.07, 6.45) is 0.650. The summed E-state index contributed by atoms with van der Waals surface area (Å²) in [5, 5.41) is 2.71. The molecule has 2 aromatic carbocycles. The zero-order valence-electron chi connectivity index (χ0n) is 14.9. The summed E-state index contributed by atoms with van der Waals surface area (Å²) in [6.45, 7) is 0.297. The number of anilines is 1. The Labute approximate surface area is 167 Å². The predicted molar refractivity (Wildman–Crippen MR) is 103 cm³/mol. The fraction of sp³-hybridized carbons (Fsp3) is 0.316. The van der Waals surface area contributed by atoms with Crippen LogP contribution in [0.5, 0.6) is 0 Å². The molecule has 0 bridgehead atoms. The summed E-state index contributed by atoms with van der Waals surface area (Å²) in [7, 11) is -3.77. The fourth-order valence-electron chi connectivity index (χ4n) is 3.15. The molecule has 2 aromatic rings. The molecule has 1 saturated heterocycles. The Bertz CT molecular complexity index is 957. The van der Waals surface area contributed by atoms with E-state index in [9.17, 15) is 22.0 Å². The molecule has 0 aliphatic carbocycles. The molecule has 5 nitrogen and oxygen atoms in total. The van der Waals surface area contributed by atoms with Crippen molar-refractivity contribution in [3.63, 3.8) is 0 Å². The van der Waals surface area contributed by atoms with Crippen molar-refractivity contribution in [3.05, 3.63) is 64.7 Å². The Balaban J connectivity index is 1.60. The number of nitrogens with zero attached hydrogens (tertiary/aromatic N) is 1. The number of halogens is 3. The largest absolute Gasteiger partial charge is 0.326 e. The van der Waals surface area contributed by atoms with Crippen molar-refractivity contribution in [3.8, 4) is 0 Å². The van der Waals surface area contributed by atoms with Crippen LogP contribution in [0.1, 0.15) is 18.4 Å². The zero-order chi connectivity index (χ0) is 20.3. The third-order valence-electron chi connectivity index (χ3n) is 4.70. The molecule has 1 heterocycles. The van der Waals surface area contributed by atoms with Crippen LogP contribution in [0, 0.1) is 17.6 Å². The lowest BCUT2D eigenvalue weighted by Crippen LogP contribution is -2.42. The summed E-state index contributed by atoms with van der Waals surface area (Å²) >= 11 is 5.92. The lowest BCUT2D eigenvalue weighted by atomic mass is 9.97. The summed E-state index contributed by atoms with van der Waals surface area (Å²) in [6, 6.07) is 9.60. The molecule has 1 aliphatic rings. The van der Waals surface area contributed by atoms with Gasteiger partial charge in [0.1, 0.15) is 11.6 Å². The predicted octanol–water partition coefficient (Wildman–Crippen LogP) is 3.80. The first-order chi connectivity index (χ1) is 13.3. The molecule has 1 amide bonds. The van der Waals surface area contributed by atoms with Crippen molar-refractivity contribution < 1.29 is 22.0 Å². The van der Waals surface area contributed by atoms with Crippen LogP contribution in [0.3, 0.4) is 0 Å². The second-order valence-corrected chi connectivity index (χ2v) is 9.01. The van der Waals surface area contributed by atoms with Crippen LogP contribution in [0.4, 0.5) is 14.5 Å². The topological polar surface area (TPSA) is 66.5 Å². The third-order valence-corrected chi connectivity index (χ3v) is 6.86. The van der Waals surface area contributed by atoms with Gasteiger partial charge in [-0.3, -0.25) is 4.79 Å². The lowest BCUT2D eigenvalue weighted by molar-refractivity contribution is -0.120. The van der Waals surface area contributed by atoms with Crippen LogP contribution in [0.2, 0.25) is 5.02 Å². The Morgan fingerprint density at radius 2 is 1.82 bits per heavy atom. The highest BCUT2D eigenvalue weighted by Gasteiger charge is 2.32. The number of hydrogen-bond acceptors (Lipinski definition) is 3. The van der Waals surface area contributed by atoms with Crippen LogP contribution in [0.15, 0.2) is 42.5 Å². The van der Waals surface area contributed by atoms with E-state index in [4.69, 9.17) is 11.6 Å². The number of amides is 1. The standard InChI is InChI=1S/C19H19ClF2N2O3S/c20-17-5-2-6-18(22)16(17)12-28(26,27)24-9-7-13(8-10-24)19(25)23-15-4-1-3-14(21)11-15/h1-6,11,13H,7-10,12H2,(H,23,25). The smallest absolute Gasteiger partial charge is 0.227 e. The lowest BCUT2D eigenvalue weighted by Gasteiger charge is -2.30. The van der Waals surface area contributed by atoms with E-state index in [1.54, 1.807) is 6.07 Å². The van der Waals surface area contributed by atoms with Crippen molar-refractivity contribution in [1.29, 1.82) is 0 Å². The van der Waals surface area contributed by atoms with Gasteiger partial charge in [0.05, 0.1) is 5.75 Å². The van der Waals surface area contributed by atoms with Crippen LogP contribution in [-0.2, 0) is 20.6 Å². The number of benzene rings is 2. The molecule has 1 N–H and O–H groups in total. The highest BCUT2D eigenvalue weighted by atomic mass is 35.5. The molecule has 1 fully saturated rings. The van der Waals surface area contributed by atoms with Gasteiger partial charge in [-0.1, -0.05) is 23.7 Å². The van der Waals surface area contributed by atoms with E-state index >= 15 is 0 Å². The van der Waals surface area contributed by atoms with Crippen molar-refractivity contribution >= 4 is 33.2 Å². The zero-order valence-corrected chi connectivity index (χ0v) is 16.4. The SMILES string of the molecule is O=C(Nc1cccc(F)c1)C1CCN(S(=O)(=O)Cc2c(F)cccc2Cl)CC1. The number of hydrogen-bond donors (Lipinski definition) is 1. The molecule has 0 spiro atoms. The van der Waals surface area contributed by atoms with Crippen LogP contribution < -0.4 is 5.32 Å². The number of rotatable bonds is 5. The molecule has 28 heavy (non-hydrogen) atoms. The maximum absolute atomic E-state index is 13.9. The summed E-state index contributed by atoms with van der Waals surface area (Å²) in [5.74, 6) is -2.31. The molecular formula is C19H19ClF2N2O3S. The maximum Gasteiger partial charge on any atom is 0.227 e. The highest BCUT2D eigenvalue weighted by Crippen LogP contribution is 2.26. The van der Waals surface area contributed by atoms with Crippen molar-refractivity contribution in [1.82, 2.24) is 4.31 Å². The van der Waals surface area contributed by atoms with E-state index in [0.29, 0.717) is 18.5 Å². The Hall–Kier alpha value is -2.03. The average Bonchev–Trinajstić information content (AvgIpc) is 2.65. The van der Waals surface area contributed by atoms with Crippen LogP contribution in [0.25, 0.3) is 0 Å². The van der Waals surface area contributed by atoms with Gasteiger partial charge in [-0.2, -0.15) is 0 Å². The van der Waals surface area contributed by atoms with Gasteiger partial charge in [0, 0.05) is 35.3 Å². The van der Waals surface area contributed by atoms with Crippen molar-refractivity contribution in [2.75, 3.05) is 18.4 Å². The number of sulfonamides is 1. The normalized spacial score (nSPS) is 16.1. The summed E-state index contributed by atoms with van der Waals surface area (Å²) in [5.41, 5.74) is 0.296. The molecule has 9 heteroatoms. The van der Waals surface area contributed by atoms with E-state index < -0.39 is 27.4 Å². The second kappa shape index (κ2) is 8.55. The van der Waals surface area contributed by atoms with Gasteiger partial charge in [0.25, 0.3) is 0 Å². The van der Waals surface area contributed by atoms with Gasteiger partial charge >= 0.3 is 0 Å². The van der Waals surface area contributed by atoms with Crippen LogP contribution in [-0.4, -0.2) is 31.7 Å². The van der Waals surface area contributed by atoms with Gasteiger partial charge in [-0.15, -0.1) is 0 Å². The van der Waals surface area contributed by atoms with E-state index in [1.165, 1.54) is 40.7 Å². The molecule has 0 unspecified atom stereocenters. The minimum absolute atomic E-state index is 0.0601. The molecular weight excluding hydrogens is 410 g/mol. The molecule has 0 saturated carbocycles. The first-order valence-corrected chi connectivity index (χ1v) is 10.7. The van der Waals surface area contributed by atoms with E-state index in [2.05, 4.69) is 5.32 Å². The molecule has 3 rings (SSSR count). The van der Waals surface area contributed by atoms with Gasteiger partial charge in [-0.05, 0) is 43.2 Å². The van der Waals surface area contributed by atoms with E-state index in [1.807, 2.05) is 0 Å². The summed E-state index contributed by atoms with van der Waals surface area (Å²) in [4.78, 5) is 12.3. The molecule has 0 radical (unpaired) electrons. The van der Waals surface area contributed by atoms with E-state index in [0.717, 1.165) is 0 Å². The fourth-order valence-corrected chi connectivity index (χ4v) is 5.07. The number of carbonyl (C=O) groups excluding carboxylic acids is 1. The van der Waals surface area contributed by atoms with Gasteiger partial charge < -0.3 is 5.32 Å². The van der Waals surface area contributed by atoms with Crippen LogP contribution >= 0.6 is 11.6 Å². The molecule has 150 valence electrons. The minimum atomic E-state index is -3.77. The van der Waals surface area contributed by atoms with Crippen molar-refractivity contribution in [2.24, 2.45) is 5.92 Å². The molecule has 0 aromatic heterocycles. The third kappa shape index (κ3) is 4.87. The van der Waals surface area contributed by atoms with E-state index in [-0.39, 0.29) is 35.5 Å². The Morgan fingerprint density at radius 1 is 1.14 bits per heavy atom. The first-order valence-electron chi connectivity index (χ1n) is 8.73. The highest BCUT2D eigenvalue weighted by molar-refractivity contribution is 7.88. The monoisotopic (exact) mass is 428 g/mol.